The molecule has 1 aliphatic rings. The van der Waals surface area contributed by atoms with E-state index in [1.807, 2.05) is 0 Å². The van der Waals surface area contributed by atoms with E-state index in [1.54, 1.807) is 12.1 Å². The van der Waals surface area contributed by atoms with Crippen molar-refractivity contribution in [3.8, 4) is 11.5 Å². The highest BCUT2D eigenvalue weighted by molar-refractivity contribution is 5.97. The number of aromatic hydroxyl groups is 1. The number of hydrogen-bond donors (Lipinski definition) is 2. The number of amides is 1. The molecule has 1 fully saturated rings. The van der Waals surface area contributed by atoms with Crippen LogP contribution in [0.1, 0.15) is 23.7 Å². The summed E-state index contributed by atoms with van der Waals surface area (Å²) in [5, 5.41) is 12.5. The molecule has 1 amide bonds. The van der Waals surface area contributed by atoms with Crippen LogP contribution in [-0.2, 0) is 0 Å². The first-order valence-electron chi connectivity index (χ1n) is 5.29. The topological polar surface area (TPSA) is 58.6 Å². The van der Waals surface area contributed by atoms with E-state index in [-0.39, 0.29) is 17.7 Å². The summed E-state index contributed by atoms with van der Waals surface area (Å²) in [6, 6.07) is 4.92. The first-order chi connectivity index (χ1) is 7.61. The van der Waals surface area contributed by atoms with Crippen molar-refractivity contribution in [2.45, 2.75) is 19.4 Å². The van der Waals surface area contributed by atoms with Crippen LogP contribution in [0.4, 0.5) is 0 Å². The van der Waals surface area contributed by atoms with Crippen LogP contribution >= 0.6 is 0 Å². The summed E-state index contributed by atoms with van der Waals surface area (Å²) in [6.07, 6.45) is 1.02. The van der Waals surface area contributed by atoms with E-state index >= 15 is 0 Å². The molecule has 86 valence electrons. The zero-order valence-electron chi connectivity index (χ0n) is 9.36. The molecule has 2 atom stereocenters. The molecule has 4 heteroatoms. The van der Waals surface area contributed by atoms with Crippen molar-refractivity contribution in [1.82, 2.24) is 5.32 Å². The first kappa shape index (κ1) is 10.8. The Bertz CT molecular complexity index is 417. The molecule has 2 rings (SSSR count). The van der Waals surface area contributed by atoms with Crippen LogP contribution < -0.4 is 10.1 Å². The second kappa shape index (κ2) is 4.04. The van der Waals surface area contributed by atoms with Gasteiger partial charge in [-0.15, -0.1) is 0 Å². The lowest BCUT2D eigenvalue weighted by atomic mass is 10.2. The van der Waals surface area contributed by atoms with Gasteiger partial charge in [-0.05, 0) is 24.5 Å². The van der Waals surface area contributed by atoms with E-state index in [0.717, 1.165) is 6.42 Å². The summed E-state index contributed by atoms with van der Waals surface area (Å²) in [4.78, 5) is 11.7. The highest BCUT2D eigenvalue weighted by Gasteiger charge is 2.34. The van der Waals surface area contributed by atoms with Crippen LogP contribution in [0.5, 0.6) is 11.5 Å². The second-order valence-electron chi connectivity index (χ2n) is 4.18. The zero-order chi connectivity index (χ0) is 11.7. The van der Waals surface area contributed by atoms with Gasteiger partial charge < -0.3 is 15.2 Å². The van der Waals surface area contributed by atoms with E-state index in [1.165, 1.54) is 13.2 Å². The van der Waals surface area contributed by atoms with Gasteiger partial charge in [0.25, 0.3) is 5.91 Å². The molecular weight excluding hydrogens is 206 g/mol. The number of phenols is 1. The number of hydrogen-bond acceptors (Lipinski definition) is 3. The molecule has 0 saturated heterocycles. The third-order valence-corrected chi connectivity index (χ3v) is 2.88. The number of ether oxygens (including phenoxy) is 1. The molecule has 0 spiro atoms. The summed E-state index contributed by atoms with van der Waals surface area (Å²) in [5.74, 6) is 0.804. The fourth-order valence-corrected chi connectivity index (χ4v) is 1.60. The second-order valence-corrected chi connectivity index (χ2v) is 4.18. The molecule has 4 nitrogen and oxygen atoms in total. The van der Waals surface area contributed by atoms with E-state index < -0.39 is 0 Å². The Hall–Kier alpha value is -1.71. The average molecular weight is 221 g/mol. The minimum atomic E-state index is -0.227. The van der Waals surface area contributed by atoms with Gasteiger partial charge in [0, 0.05) is 12.1 Å². The molecule has 1 saturated carbocycles. The standard InChI is InChI=1S/C12H15NO3/c1-7-5-10(7)13-12(15)9-4-3-8(16-2)6-11(9)14/h3-4,6-7,10,14H,5H2,1-2H3,(H,13,15). The third kappa shape index (κ3) is 2.10. The van der Waals surface area contributed by atoms with Crippen LogP contribution in [0.15, 0.2) is 18.2 Å². The fourth-order valence-electron chi connectivity index (χ4n) is 1.60. The van der Waals surface area contributed by atoms with Gasteiger partial charge in [0.15, 0.2) is 0 Å². The van der Waals surface area contributed by atoms with Crippen LogP contribution in [0, 0.1) is 5.92 Å². The zero-order valence-corrected chi connectivity index (χ0v) is 9.36. The summed E-state index contributed by atoms with van der Waals surface area (Å²) in [6.45, 7) is 2.08. The van der Waals surface area contributed by atoms with Gasteiger partial charge in [0.1, 0.15) is 11.5 Å². The molecule has 1 aromatic carbocycles. The largest absolute Gasteiger partial charge is 0.507 e. The summed E-state index contributed by atoms with van der Waals surface area (Å²) in [7, 11) is 1.51. The molecule has 0 radical (unpaired) electrons. The quantitative estimate of drug-likeness (QED) is 0.814. The molecule has 1 aliphatic carbocycles. The molecule has 2 unspecified atom stereocenters. The number of carbonyl (C=O) groups excluding carboxylic acids is 1. The Kier molecular flexibility index (Phi) is 2.73. The van der Waals surface area contributed by atoms with Gasteiger partial charge in [0.2, 0.25) is 0 Å². The predicted molar refractivity (Wildman–Crippen MR) is 59.7 cm³/mol. The Morgan fingerprint density at radius 3 is 2.75 bits per heavy atom. The number of carbonyl (C=O) groups is 1. The van der Waals surface area contributed by atoms with Crippen molar-refractivity contribution < 1.29 is 14.6 Å². The number of benzene rings is 1. The first-order valence-corrected chi connectivity index (χ1v) is 5.29. The smallest absolute Gasteiger partial charge is 0.255 e. The highest BCUT2D eigenvalue weighted by Crippen LogP contribution is 2.30. The summed E-state index contributed by atoms with van der Waals surface area (Å²) in [5.41, 5.74) is 0.292. The van der Waals surface area contributed by atoms with Crippen LogP contribution in [0.25, 0.3) is 0 Å². The molecule has 0 aromatic heterocycles. The Morgan fingerprint density at radius 2 is 2.25 bits per heavy atom. The fraction of sp³-hybridized carbons (Fsp3) is 0.417. The maximum Gasteiger partial charge on any atom is 0.255 e. The van der Waals surface area contributed by atoms with Crippen molar-refractivity contribution in [3.05, 3.63) is 23.8 Å². The number of methoxy groups -OCH3 is 1. The van der Waals surface area contributed by atoms with E-state index in [9.17, 15) is 9.90 Å². The molecule has 0 heterocycles. The Labute approximate surface area is 94.2 Å². The lowest BCUT2D eigenvalue weighted by Crippen LogP contribution is -2.26. The van der Waals surface area contributed by atoms with E-state index in [4.69, 9.17) is 4.74 Å². The van der Waals surface area contributed by atoms with Gasteiger partial charge in [-0.1, -0.05) is 6.92 Å². The maximum atomic E-state index is 11.7. The van der Waals surface area contributed by atoms with Gasteiger partial charge in [-0.2, -0.15) is 0 Å². The molecular formula is C12H15NO3. The van der Waals surface area contributed by atoms with Crippen molar-refractivity contribution in [3.63, 3.8) is 0 Å². The Balaban J connectivity index is 2.10. The normalized spacial score (nSPS) is 22.6. The SMILES string of the molecule is COc1ccc(C(=O)NC2CC2C)c(O)c1. The van der Waals surface area contributed by atoms with Gasteiger partial charge in [-0.3, -0.25) is 4.79 Å². The van der Waals surface area contributed by atoms with Gasteiger partial charge >= 0.3 is 0 Å². The molecule has 0 bridgehead atoms. The molecule has 16 heavy (non-hydrogen) atoms. The molecule has 0 aliphatic heterocycles. The molecule has 1 aromatic rings. The summed E-state index contributed by atoms with van der Waals surface area (Å²) >= 11 is 0. The van der Waals surface area contributed by atoms with Crippen molar-refractivity contribution in [1.29, 1.82) is 0 Å². The van der Waals surface area contributed by atoms with Crippen molar-refractivity contribution >= 4 is 5.91 Å². The number of nitrogens with one attached hydrogen (secondary N) is 1. The lowest BCUT2D eigenvalue weighted by molar-refractivity contribution is 0.0946. The highest BCUT2D eigenvalue weighted by atomic mass is 16.5. The van der Waals surface area contributed by atoms with Crippen LogP contribution in [0.2, 0.25) is 0 Å². The average Bonchev–Trinajstić information content (AvgIpc) is 2.93. The van der Waals surface area contributed by atoms with E-state index in [0.29, 0.717) is 17.2 Å². The van der Waals surface area contributed by atoms with Crippen LogP contribution in [-0.4, -0.2) is 24.2 Å². The minimum absolute atomic E-state index is 0.0508. The van der Waals surface area contributed by atoms with Gasteiger partial charge in [0.05, 0.1) is 12.7 Å². The third-order valence-electron chi connectivity index (χ3n) is 2.88. The van der Waals surface area contributed by atoms with Gasteiger partial charge in [-0.25, -0.2) is 0 Å². The number of rotatable bonds is 3. The van der Waals surface area contributed by atoms with Crippen molar-refractivity contribution in [2.24, 2.45) is 5.92 Å². The Morgan fingerprint density at radius 1 is 1.56 bits per heavy atom. The lowest BCUT2D eigenvalue weighted by Gasteiger charge is -2.07. The predicted octanol–water partition coefficient (Wildman–Crippen LogP) is 1.54. The van der Waals surface area contributed by atoms with Crippen molar-refractivity contribution in [2.75, 3.05) is 7.11 Å². The summed E-state index contributed by atoms with van der Waals surface area (Å²) < 4.78 is 4.95. The van der Waals surface area contributed by atoms with E-state index in [2.05, 4.69) is 12.2 Å². The number of phenolic OH excluding ortho intramolecular Hbond substituents is 1. The van der Waals surface area contributed by atoms with Crippen LogP contribution in [0.3, 0.4) is 0 Å². The monoisotopic (exact) mass is 221 g/mol. The minimum Gasteiger partial charge on any atom is -0.507 e. The maximum absolute atomic E-state index is 11.7. The molecule has 2 N–H and O–H groups in total.